The molecule has 0 saturated carbocycles. The first-order chi connectivity index (χ1) is 10.6. The van der Waals surface area contributed by atoms with E-state index >= 15 is 0 Å². The van der Waals surface area contributed by atoms with Gasteiger partial charge in [0.15, 0.2) is 0 Å². The van der Waals surface area contributed by atoms with Gasteiger partial charge in [-0.15, -0.1) is 16.4 Å². The van der Waals surface area contributed by atoms with Crippen molar-refractivity contribution in [2.45, 2.75) is 30.8 Å². The van der Waals surface area contributed by atoms with Crippen LogP contribution in [-0.2, 0) is 11.3 Å². The molecule has 2 heterocycles. The molecule has 0 aromatic carbocycles. The summed E-state index contributed by atoms with van der Waals surface area (Å²) in [6.07, 6.45) is 0. The number of imide groups is 1. The zero-order chi connectivity index (χ0) is 15.9. The molecule has 0 saturated heterocycles. The van der Waals surface area contributed by atoms with Crippen LogP contribution < -0.4 is 10.6 Å². The van der Waals surface area contributed by atoms with Crippen LogP contribution in [0.25, 0.3) is 0 Å². The van der Waals surface area contributed by atoms with Crippen LogP contribution in [0, 0.1) is 0 Å². The molecule has 22 heavy (non-hydrogen) atoms. The molecule has 1 unspecified atom stereocenters. The van der Waals surface area contributed by atoms with E-state index in [9.17, 15) is 9.59 Å². The zero-order valence-corrected chi connectivity index (χ0v) is 13.8. The number of amides is 3. The number of carbonyl (C=O) groups is 2. The number of rotatable bonds is 6. The van der Waals surface area contributed by atoms with Gasteiger partial charge >= 0.3 is 6.03 Å². The highest BCUT2D eigenvalue weighted by Gasteiger charge is 2.20. The summed E-state index contributed by atoms with van der Waals surface area (Å²) in [7, 11) is 0. The summed E-state index contributed by atoms with van der Waals surface area (Å²) in [6, 6.07) is 3.45. The first kappa shape index (κ1) is 16.4. The van der Waals surface area contributed by atoms with Crippen LogP contribution >= 0.6 is 23.1 Å². The molecule has 2 aromatic heterocycles. The molecule has 118 valence electrons. The number of thioether (sulfide) groups is 1. The standard InChI is InChI=1S/C12H16N6O2S2/c1-3-13-11(20)14-10(19)8(2)22-12-15-16-17-18(12)7-9-5-4-6-21-9/h4-6,8H,3,7H2,1-2H3,(H2,13,14,19,20). The van der Waals surface area contributed by atoms with E-state index in [1.54, 1.807) is 29.9 Å². The number of thiophene rings is 1. The number of hydrogen-bond acceptors (Lipinski definition) is 7. The van der Waals surface area contributed by atoms with Crippen LogP contribution in [0.3, 0.4) is 0 Å². The summed E-state index contributed by atoms with van der Waals surface area (Å²) in [6.45, 7) is 4.49. The van der Waals surface area contributed by atoms with Gasteiger partial charge in [-0.3, -0.25) is 10.1 Å². The van der Waals surface area contributed by atoms with Gasteiger partial charge in [0, 0.05) is 11.4 Å². The van der Waals surface area contributed by atoms with Crippen molar-refractivity contribution in [1.29, 1.82) is 0 Å². The highest BCUT2D eigenvalue weighted by molar-refractivity contribution is 8.00. The van der Waals surface area contributed by atoms with Crippen LogP contribution in [0.5, 0.6) is 0 Å². The molecule has 0 aliphatic rings. The Kier molecular flexibility index (Phi) is 5.90. The maximum absolute atomic E-state index is 11.9. The molecule has 1 atom stereocenters. The number of hydrogen-bond donors (Lipinski definition) is 2. The molecular formula is C12H16N6O2S2. The maximum atomic E-state index is 11.9. The van der Waals surface area contributed by atoms with Gasteiger partial charge in [-0.2, -0.15) is 0 Å². The molecule has 0 aliphatic carbocycles. The van der Waals surface area contributed by atoms with Gasteiger partial charge in [0.1, 0.15) is 0 Å². The molecule has 0 spiro atoms. The Morgan fingerprint density at radius 3 is 3.00 bits per heavy atom. The van der Waals surface area contributed by atoms with E-state index in [2.05, 4.69) is 26.2 Å². The monoisotopic (exact) mass is 340 g/mol. The first-order valence-electron chi connectivity index (χ1n) is 6.64. The Hall–Kier alpha value is -1.94. The number of carbonyl (C=O) groups excluding carboxylic acids is 2. The Balaban J connectivity index is 1.94. The minimum atomic E-state index is -0.502. The number of urea groups is 1. The van der Waals surface area contributed by atoms with Crippen LogP contribution in [0.15, 0.2) is 22.7 Å². The highest BCUT2D eigenvalue weighted by atomic mass is 32.2. The minimum absolute atomic E-state index is 0.387. The summed E-state index contributed by atoms with van der Waals surface area (Å²) < 4.78 is 1.63. The Bertz CT molecular complexity index is 627. The quantitative estimate of drug-likeness (QED) is 0.764. The first-order valence-corrected chi connectivity index (χ1v) is 8.40. The second-order valence-corrected chi connectivity index (χ2v) is 6.65. The lowest BCUT2D eigenvalue weighted by Crippen LogP contribution is -2.42. The fourth-order valence-corrected chi connectivity index (χ4v) is 3.03. The number of nitrogens with zero attached hydrogens (tertiary/aromatic N) is 4. The van der Waals surface area contributed by atoms with Crippen molar-refractivity contribution in [1.82, 2.24) is 30.8 Å². The summed E-state index contributed by atoms with van der Waals surface area (Å²) >= 11 is 2.82. The maximum Gasteiger partial charge on any atom is 0.321 e. The molecule has 10 heteroatoms. The van der Waals surface area contributed by atoms with Crippen molar-refractivity contribution in [3.63, 3.8) is 0 Å². The van der Waals surface area contributed by atoms with E-state index in [-0.39, 0.29) is 5.91 Å². The second kappa shape index (κ2) is 7.90. The third kappa shape index (κ3) is 4.53. The van der Waals surface area contributed by atoms with Crippen LogP contribution in [0.2, 0.25) is 0 Å². The van der Waals surface area contributed by atoms with Crippen molar-refractivity contribution in [3.05, 3.63) is 22.4 Å². The molecule has 2 N–H and O–H groups in total. The third-order valence-corrected chi connectivity index (χ3v) is 4.54. The van der Waals surface area contributed by atoms with E-state index in [1.165, 1.54) is 11.8 Å². The predicted octanol–water partition coefficient (Wildman–Crippen LogP) is 1.11. The van der Waals surface area contributed by atoms with Gasteiger partial charge < -0.3 is 5.32 Å². The Morgan fingerprint density at radius 2 is 2.32 bits per heavy atom. The lowest BCUT2D eigenvalue weighted by atomic mass is 10.4. The molecule has 3 amide bonds. The summed E-state index contributed by atoms with van der Waals surface area (Å²) in [4.78, 5) is 24.4. The number of nitrogens with one attached hydrogen (secondary N) is 2. The van der Waals surface area contributed by atoms with Crippen molar-refractivity contribution < 1.29 is 9.59 Å². The van der Waals surface area contributed by atoms with Crippen molar-refractivity contribution >= 4 is 35.0 Å². The smallest absolute Gasteiger partial charge is 0.321 e. The van der Waals surface area contributed by atoms with E-state index in [1.807, 2.05) is 17.5 Å². The van der Waals surface area contributed by atoms with Crippen molar-refractivity contribution in [3.8, 4) is 0 Å². The lowest BCUT2D eigenvalue weighted by molar-refractivity contribution is -0.119. The molecule has 2 rings (SSSR count). The average Bonchev–Trinajstić information content (AvgIpc) is 3.12. The minimum Gasteiger partial charge on any atom is -0.338 e. The average molecular weight is 340 g/mol. The largest absolute Gasteiger partial charge is 0.338 e. The third-order valence-electron chi connectivity index (χ3n) is 2.61. The second-order valence-electron chi connectivity index (χ2n) is 4.31. The lowest BCUT2D eigenvalue weighted by Gasteiger charge is -2.10. The summed E-state index contributed by atoms with van der Waals surface area (Å²) in [5, 5.41) is 18.3. The number of tetrazole rings is 1. The Morgan fingerprint density at radius 1 is 1.50 bits per heavy atom. The molecular weight excluding hydrogens is 324 g/mol. The van der Waals surface area contributed by atoms with E-state index < -0.39 is 11.3 Å². The molecule has 0 fully saturated rings. The molecule has 0 bridgehead atoms. The molecule has 0 aliphatic heterocycles. The summed E-state index contributed by atoms with van der Waals surface area (Å²) in [5.41, 5.74) is 0. The van der Waals surface area contributed by atoms with Crippen LogP contribution in [0.4, 0.5) is 4.79 Å². The molecule has 2 aromatic rings. The zero-order valence-electron chi connectivity index (χ0n) is 12.1. The van der Waals surface area contributed by atoms with Gasteiger partial charge in [-0.1, -0.05) is 17.8 Å². The SMILES string of the molecule is CCNC(=O)NC(=O)C(C)Sc1nnnn1Cc1cccs1. The fraction of sp³-hybridized carbons (Fsp3) is 0.417. The molecule has 8 nitrogen and oxygen atoms in total. The summed E-state index contributed by atoms with van der Waals surface area (Å²) in [5.74, 6) is -0.387. The normalized spacial score (nSPS) is 11.9. The van der Waals surface area contributed by atoms with E-state index in [0.717, 1.165) is 4.88 Å². The highest BCUT2D eigenvalue weighted by Crippen LogP contribution is 2.21. The van der Waals surface area contributed by atoms with Crippen molar-refractivity contribution in [2.24, 2.45) is 0 Å². The van der Waals surface area contributed by atoms with Gasteiger partial charge in [0.25, 0.3) is 0 Å². The predicted molar refractivity (Wildman–Crippen MR) is 83.8 cm³/mol. The van der Waals surface area contributed by atoms with Gasteiger partial charge in [0.05, 0.1) is 11.8 Å². The Labute approximate surface area is 135 Å². The van der Waals surface area contributed by atoms with Gasteiger partial charge in [0.2, 0.25) is 11.1 Å². The number of aromatic nitrogens is 4. The van der Waals surface area contributed by atoms with Crippen LogP contribution in [-0.4, -0.2) is 43.9 Å². The van der Waals surface area contributed by atoms with Crippen LogP contribution in [0.1, 0.15) is 18.7 Å². The van der Waals surface area contributed by atoms with Gasteiger partial charge in [-0.05, 0) is 35.7 Å². The van der Waals surface area contributed by atoms with E-state index in [0.29, 0.717) is 18.2 Å². The fourth-order valence-electron chi connectivity index (χ4n) is 1.56. The van der Waals surface area contributed by atoms with E-state index in [4.69, 9.17) is 0 Å². The molecule has 0 radical (unpaired) electrons. The van der Waals surface area contributed by atoms with Crippen molar-refractivity contribution in [2.75, 3.05) is 6.54 Å². The topological polar surface area (TPSA) is 102 Å². The van der Waals surface area contributed by atoms with Gasteiger partial charge in [-0.25, -0.2) is 9.48 Å².